The lowest BCUT2D eigenvalue weighted by Crippen LogP contribution is -2.05. The van der Waals surface area contributed by atoms with Crippen LogP contribution < -0.4 is 10.5 Å². The molecule has 1 aromatic heterocycles. The second-order valence-electron chi connectivity index (χ2n) is 5.11. The topological polar surface area (TPSA) is 48.1 Å². The zero-order chi connectivity index (χ0) is 14.8. The maximum Gasteiger partial charge on any atom is 0.135 e. The first kappa shape index (κ1) is 13.6. The number of aromatic nitrogens is 1. The van der Waals surface area contributed by atoms with E-state index in [0.717, 1.165) is 39.2 Å². The zero-order valence-electron chi connectivity index (χ0n) is 12.3. The van der Waals surface area contributed by atoms with Gasteiger partial charge in [0.2, 0.25) is 0 Å². The lowest BCUT2D eigenvalue weighted by atomic mass is 10.1. The van der Waals surface area contributed by atoms with Crippen LogP contribution in [-0.2, 0) is 6.54 Å². The predicted molar refractivity (Wildman–Crippen MR) is 85.6 cm³/mol. The maximum atomic E-state index is 6.16. The molecule has 0 atom stereocenters. The highest BCUT2D eigenvalue weighted by Gasteiger charge is 2.10. The van der Waals surface area contributed by atoms with Gasteiger partial charge in [0.15, 0.2) is 0 Å². The van der Waals surface area contributed by atoms with Crippen LogP contribution in [0.4, 0.5) is 0 Å². The standard InChI is InChI=1S/C18H18N2O/c1-12-10-18(16(11-19)13(2)20-12)21-17-9-5-7-14-6-3-4-8-15(14)17/h3-10H,11,19H2,1-2H3. The summed E-state index contributed by atoms with van der Waals surface area (Å²) in [6.07, 6.45) is 0. The molecule has 3 nitrogen and oxygen atoms in total. The fourth-order valence-electron chi connectivity index (χ4n) is 2.56. The van der Waals surface area contributed by atoms with Crippen molar-refractivity contribution < 1.29 is 4.74 Å². The molecular weight excluding hydrogens is 260 g/mol. The summed E-state index contributed by atoms with van der Waals surface area (Å²) in [6, 6.07) is 16.2. The molecule has 0 saturated carbocycles. The van der Waals surface area contributed by atoms with Crippen molar-refractivity contribution in [3.63, 3.8) is 0 Å². The quantitative estimate of drug-likeness (QED) is 0.784. The summed E-state index contributed by atoms with van der Waals surface area (Å²) in [4.78, 5) is 4.45. The predicted octanol–water partition coefficient (Wildman–Crippen LogP) is 4.10. The fraction of sp³-hybridized carbons (Fsp3) is 0.167. The molecule has 1 heterocycles. The summed E-state index contributed by atoms with van der Waals surface area (Å²) in [7, 11) is 0. The van der Waals surface area contributed by atoms with Crippen LogP contribution in [0.25, 0.3) is 10.8 Å². The van der Waals surface area contributed by atoms with Gasteiger partial charge < -0.3 is 10.5 Å². The third kappa shape index (κ3) is 2.60. The highest BCUT2D eigenvalue weighted by molar-refractivity contribution is 5.88. The summed E-state index contributed by atoms with van der Waals surface area (Å²) >= 11 is 0. The molecule has 0 aliphatic heterocycles. The van der Waals surface area contributed by atoms with Gasteiger partial charge >= 0.3 is 0 Å². The Morgan fingerprint density at radius 3 is 2.57 bits per heavy atom. The van der Waals surface area contributed by atoms with Gasteiger partial charge in [-0.25, -0.2) is 0 Å². The Morgan fingerprint density at radius 1 is 1.00 bits per heavy atom. The van der Waals surface area contributed by atoms with Crippen molar-refractivity contribution in [2.45, 2.75) is 20.4 Å². The van der Waals surface area contributed by atoms with Crippen molar-refractivity contribution in [1.29, 1.82) is 0 Å². The molecule has 0 saturated heterocycles. The van der Waals surface area contributed by atoms with E-state index in [1.165, 1.54) is 0 Å². The van der Waals surface area contributed by atoms with E-state index in [1.54, 1.807) is 0 Å². The number of rotatable bonds is 3. The molecule has 3 heteroatoms. The molecule has 106 valence electrons. The van der Waals surface area contributed by atoms with Crippen molar-refractivity contribution in [3.8, 4) is 11.5 Å². The Labute approximate surface area is 124 Å². The number of nitrogens with zero attached hydrogens (tertiary/aromatic N) is 1. The van der Waals surface area contributed by atoms with Gasteiger partial charge in [0, 0.05) is 34.9 Å². The number of hydrogen-bond acceptors (Lipinski definition) is 3. The van der Waals surface area contributed by atoms with Crippen LogP contribution in [0.15, 0.2) is 48.5 Å². The molecule has 0 amide bonds. The summed E-state index contributed by atoms with van der Waals surface area (Å²) in [5.41, 5.74) is 8.65. The molecule has 0 bridgehead atoms. The molecule has 3 aromatic rings. The molecule has 0 unspecified atom stereocenters. The van der Waals surface area contributed by atoms with Crippen LogP contribution in [0.2, 0.25) is 0 Å². The van der Waals surface area contributed by atoms with Gasteiger partial charge in [0.05, 0.1) is 0 Å². The summed E-state index contributed by atoms with van der Waals surface area (Å²) in [5, 5.41) is 2.25. The summed E-state index contributed by atoms with van der Waals surface area (Å²) < 4.78 is 6.16. The summed E-state index contributed by atoms with van der Waals surface area (Å²) in [5.74, 6) is 1.63. The SMILES string of the molecule is Cc1cc(Oc2cccc3ccccc23)c(CN)c(C)n1. The third-order valence-corrected chi connectivity index (χ3v) is 3.59. The number of fused-ring (bicyclic) bond motifs is 1. The fourth-order valence-corrected chi connectivity index (χ4v) is 2.56. The van der Waals surface area contributed by atoms with Crippen molar-refractivity contribution in [2.24, 2.45) is 5.73 Å². The van der Waals surface area contributed by atoms with Crippen molar-refractivity contribution in [3.05, 3.63) is 65.5 Å². The molecule has 0 radical (unpaired) electrons. The Morgan fingerprint density at radius 2 is 1.76 bits per heavy atom. The number of nitrogens with two attached hydrogens (primary N) is 1. The van der Waals surface area contributed by atoms with Crippen LogP contribution in [0.3, 0.4) is 0 Å². The van der Waals surface area contributed by atoms with E-state index in [4.69, 9.17) is 10.5 Å². The van der Waals surface area contributed by atoms with Gasteiger partial charge in [0.25, 0.3) is 0 Å². The second kappa shape index (κ2) is 5.54. The van der Waals surface area contributed by atoms with Crippen LogP contribution >= 0.6 is 0 Å². The molecular formula is C18H18N2O. The first-order valence-electron chi connectivity index (χ1n) is 7.02. The molecule has 21 heavy (non-hydrogen) atoms. The minimum Gasteiger partial charge on any atom is -0.456 e. The Kier molecular flexibility index (Phi) is 3.59. The second-order valence-corrected chi connectivity index (χ2v) is 5.11. The molecule has 0 spiro atoms. The van der Waals surface area contributed by atoms with Crippen LogP contribution in [0, 0.1) is 13.8 Å². The van der Waals surface area contributed by atoms with Crippen LogP contribution in [0.1, 0.15) is 17.0 Å². The minimum atomic E-state index is 0.416. The minimum absolute atomic E-state index is 0.416. The Balaban J connectivity index is 2.11. The van der Waals surface area contributed by atoms with Gasteiger partial charge in [-0.1, -0.05) is 36.4 Å². The highest BCUT2D eigenvalue weighted by atomic mass is 16.5. The number of pyridine rings is 1. The van der Waals surface area contributed by atoms with Gasteiger partial charge in [-0.3, -0.25) is 4.98 Å². The lowest BCUT2D eigenvalue weighted by molar-refractivity contribution is 0.479. The Hall–Kier alpha value is -2.39. The van der Waals surface area contributed by atoms with E-state index in [9.17, 15) is 0 Å². The molecule has 2 N–H and O–H groups in total. The maximum absolute atomic E-state index is 6.16. The first-order chi connectivity index (χ1) is 10.2. The van der Waals surface area contributed by atoms with E-state index in [1.807, 2.05) is 44.2 Å². The third-order valence-electron chi connectivity index (χ3n) is 3.59. The highest BCUT2D eigenvalue weighted by Crippen LogP contribution is 2.32. The number of aryl methyl sites for hydroxylation is 2. The first-order valence-corrected chi connectivity index (χ1v) is 7.02. The lowest BCUT2D eigenvalue weighted by Gasteiger charge is -2.14. The van der Waals surface area contributed by atoms with Gasteiger partial charge in [-0.15, -0.1) is 0 Å². The molecule has 0 fully saturated rings. The van der Waals surface area contributed by atoms with E-state index < -0.39 is 0 Å². The number of benzene rings is 2. The van der Waals surface area contributed by atoms with E-state index >= 15 is 0 Å². The largest absolute Gasteiger partial charge is 0.456 e. The molecule has 0 aliphatic rings. The Bertz CT molecular complexity index is 791. The molecule has 0 aliphatic carbocycles. The number of hydrogen-bond donors (Lipinski definition) is 1. The van der Waals surface area contributed by atoms with E-state index in [-0.39, 0.29) is 0 Å². The van der Waals surface area contributed by atoms with Crippen molar-refractivity contribution in [1.82, 2.24) is 4.98 Å². The summed E-state index contributed by atoms with van der Waals surface area (Å²) in [6.45, 7) is 4.34. The monoisotopic (exact) mass is 278 g/mol. The smallest absolute Gasteiger partial charge is 0.135 e. The average molecular weight is 278 g/mol. The average Bonchev–Trinajstić information content (AvgIpc) is 2.47. The van der Waals surface area contributed by atoms with E-state index in [0.29, 0.717) is 6.54 Å². The van der Waals surface area contributed by atoms with Crippen LogP contribution in [0.5, 0.6) is 11.5 Å². The van der Waals surface area contributed by atoms with Gasteiger partial charge in [0.1, 0.15) is 11.5 Å². The van der Waals surface area contributed by atoms with Crippen molar-refractivity contribution in [2.75, 3.05) is 0 Å². The van der Waals surface area contributed by atoms with Crippen LogP contribution in [-0.4, -0.2) is 4.98 Å². The van der Waals surface area contributed by atoms with E-state index in [2.05, 4.69) is 23.2 Å². The van der Waals surface area contributed by atoms with Crippen molar-refractivity contribution >= 4 is 10.8 Å². The normalized spacial score (nSPS) is 10.8. The molecule has 3 rings (SSSR count). The van der Waals surface area contributed by atoms with Gasteiger partial charge in [-0.2, -0.15) is 0 Å². The van der Waals surface area contributed by atoms with Gasteiger partial charge in [-0.05, 0) is 25.3 Å². The molecule has 2 aromatic carbocycles. The zero-order valence-corrected chi connectivity index (χ0v) is 12.3. The number of ether oxygens (including phenoxy) is 1.